The molecule has 0 aliphatic rings. The highest BCUT2D eigenvalue weighted by Gasteiger charge is 2.17. The standard InChI is InChI=1S/C21H31N3O3/c1-6-8-19-20(16(4)22-13-7-14-27-15(2)3)21(25)24(23-19)17-9-11-18(26-5)12-10-17/h9-12,15,23H,6-8,13-14H2,1-5H3. The lowest BCUT2D eigenvalue weighted by molar-refractivity contribution is 0.0783. The molecule has 6 nitrogen and oxygen atoms in total. The van der Waals surface area contributed by atoms with E-state index in [2.05, 4.69) is 17.0 Å². The Hall–Kier alpha value is -2.34. The molecule has 0 spiro atoms. The van der Waals surface area contributed by atoms with Gasteiger partial charge in [-0.15, -0.1) is 0 Å². The predicted molar refractivity (Wildman–Crippen MR) is 110 cm³/mol. The van der Waals surface area contributed by atoms with Crippen LogP contribution in [-0.4, -0.2) is 41.9 Å². The zero-order valence-corrected chi connectivity index (χ0v) is 17.0. The molecule has 0 bridgehead atoms. The van der Waals surface area contributed by atoms with Gasteiger partial charge in [0.25, 0.3) is 5.56 Å². The molecule has 148 valence electrons. The molecular weight excluding hydrogens is 342 g/mol. The van der Waals surface area contributed by atoms with E-state index < -0.39 is 0 Å². The van der Waals surface area contributed by atoms with E-state index in [1.54, 1.807) is 11.8 Å². The van der Waals surface area contributed by atoms with Gasteiger partial charge in [0.2, 0.25) is 0 Å². The summed E-state index contributed by atoms with van der Waals surface area (Å²) in [7, 11) is 1.62. The van der Waals surface area contributed by atoms with Crippen molar-refractivity contribution in [2.45, 2.75) is 53.1 Å². The van der Waals surface area contributed by atoms with Crippen molar-refractivity contribution in [3.8, 4) is 11.4 Å². The summed E-state index contributed by atoms with van der Waals surface area (Å²) in [4.78, 5) is 17.6. The summed E-state index contributed by atoms with van der Waals surface area (Å²) >= 11 is 0. The van der Waals surface area contributed by atoms with Crippen LogP contribution in [0.15, 0.2) is 34.1 Å². The van der Waals surface area contributed by atoms with Gasteiger partial charge in [0.1, 0.15) is 5.75 Å². The van der Waals surface area contributed by atoms with E-state index >= 15 is 0 Å². The van der Waals surface area contributed by atoms with Crippen LogP contribution in [0.2, 0.25) is 0 Å². The SMILES string of the molecule is CCCc1[nH]n(-c2ccc(OC)cc2)c(=O)c1C(C)=NCCCOC(C)C. The number of nitrogens with one attached hydrogen (secondary N) is 1. The summed E-state index contributed by atoms with van der Waals surface area (Å²) in [6.07, 6.45) is 2.82. The Morgan fingerprint density at radius 1 is 1.26 bits per heavy atom. The van der Waals surface area contributed by atoms with Crippen molar-refractivity contribution >= 4 is 5.71 Å². The van der Waals surface area contributed by atoms with Crippen LogP contribution in [0.3, 0.4) is 0 Å². The Labute approximate surface area is 161 Å². The molecule has 0 radical (unpaired) electrons. The van der Waals surface area contributed by atoms with Gasteiger partial charge in [-0.2, -0.15) is 0 Å². The third kappa shape index (κ3) is 5.57. The van der Waals surface area contributed by atoms with Crippen molar-refractivity contribution in [3.63, 3.8) is 0 Å². The summed E-state index contributed by atoms with van der Waals surface area (Å²) < 4.78 is 12.3. The summed E-state index contributed by atoms with van der Waals surface area (Å²) in [6.45, 7) is 9.38. The van der Waals surface area contributed by atoms with E-state index in [9.17, 15) is 4.79 Å². The molecule has 2 rings (SSSR count). The highest BCUT2D eigenvalue weighted by Crippen LogP contribution is 2.15. The van der Waals surface area contributed by atoms with Gasteiger partial charge in [-0.05, 0) is 57.9 Å². The lowest BCUT2D eigenvalue weighted by Gasteiger charge is -2.06. The number of aromatic amines is 1. The summed E-state index contributed by atoms with van der Waals surface area (Å²) in [5, 5.41) is 3.26. The first-order chi connectivity index (χ1) is 13.0. The minimum atomic E-state index is -0.0664. The largest absolute Gasteiger partial charge is 0.497 e. The molecule has 0 atom stereocenters. The molecule has 27 heavy (non-hydrogen) atoms. The first kappa shape index (κ1) is 21.0. The molecule has 0 saturated carbocycles. The van der Waals surface area contributed by atoms with E-state index in [1.807, 2.05) is 45.0 Å². The summed E-state index contributed by atoms with van der Waals surface area (Å²) in [6, 6.07) is 7.42. The van der Waals surface area contributed by atoms with Gasteiger partial charge in [0, 0.05) is 24.6 Å². The molecular formula is C21H31N3O3. The van der Waals surface area contributed by atoms with E-state index in [0.717, 1.165) is 42.1 Å². The molecule has 1 N–H and O–H groups in total. The average molecular weight is 373 g/mol. The Morgan fingerprint density at radius 3 is 2.56 bits per heavy atom. The number of hydrogen-bond acceptors (Lipinski definition) is 4. The van der Waals surface area contributed by atoms with Crippen LogP contribution in [0.1, 0.15) is 51.8 Å². The van der Waals surface area contributed by atoms with Crippen LogP contribution in [0, 0.1) is 0 Å². The van der Waals surface area contributed by atoms with Gasteiger partial charge in [0.15, 0.2) is 0 Å². The maximum Gasteiger partial charge on any atom is 0.280 e. The van der Waals surface area contributed by atoms with Crippen LogP contribution in [0.4, 0.5) is 0 Å². The fourth-order valence-electron chi connectivity index (χ4n) is 2.91. The van der Waals surface area contributed by atoms with E-state index in [1.165, 1.54) is 0 Å². The van der Waals surface area contributed by atoms with Gasteiger partial charge in [-0.3, -0.25) is 14.9 Å². The normalized spacial score (nSPS) is 12.0. The maximum atomic E-state index is 13.0. The molecule has 1 heterocycles. The molecule has 0 amide bonds. The van der Waals surface area contributed by atoms with Crippen LogP contribution >= 0.6 is 0 Å². The Morgan fingerprint density at radius 2 is 1.96 bits per heavy atom. The predicted octanol–water partition coefficient (Wildman–Crippen LogP) is 3.75. The number of ether oxygens (including phenoxy) is 2. The number of hydrogen-bond donors (Lipinski definition) is 1. The third-order valence-electron chi connectivity index (χ3n) is 4.26. The highest BCUT2D eigenvalue weighted by molar-refractivity contribution is 5.99. The van der Waals surface area contributed by atoms with Gasteiger partial charge in [-0.1, -0.05) is 13.3 Å². The number of rotatable bonds is 10. The molecule has 0 aliphatic heterocycles. The van der Waals surface area contributed by atoms with Gasteiger partial charge < -0.3 is 9.47 Å². The number of H-pyrrole nitrogens is 1. The molecule has 0 unspecified atom stereocenters. The third-order valence-corrected chi connectivity index (χ3v) is 4.26. The fraction of sp³-hybridized carbons (Fsp3) is 0.524. The lowest BCUT2D eigenvalue weighted by atomic mass is 10.1. The zero-order valence-electron chi connectivity index (χ0n) is 17.0. The number of nitrogens with zero attached hydrogens (tertiary/aromatic N) is 2. The summed E-state index contributed by atoms with van der Waals surface area (Å²) in [5.41, 5.74) is 3.10. The zero-order chi connectivity index (χ0) is 19.8. The lowest BCUT2D eigenvalue weighted by Crippen LogP contribution is -2.20. The van der Waals surface area contributed by atoms with Gasteiger partial charge in [0.05, 0.1) is 24.5 Å². The van der Waals surface area contributed by atoms with Crippen LogP contribution < -0.4 is 10.3 Å². The second kappa shape index (κ2) is 10.1. The molecule has 1 aromatic carbocycles. The minimum absolute atomic E-state index is 0.0664. The van der Waals surface area contributed by atoms with Crippen LogP contribution in [0.5, 0.6) is 5.75 Å². The van der Waals surface area contributed by atoms with Crippen molar-refractivity contribution in [2.75, 3.05) is 20.3 Å². The van der Waals surface area contributed by atoms with Crippen molar-refractivity contribution in [1.29, 1.82) is 0 Å². The number of aromatic nitrogens is 2. The fourth-order valence-corrected chi connectivity index (χ4v) is 2.91. The first-order valence-electron chi connectivity index (χ1n) is 9.59. The van der Waals surface area contributed by atoms with Crippen molar-refractivity contribution in [1.82, 2.24) is 9.78 Å². The molecule has 6 heteroatoms. The molecule has 0 aliphatic carbocycles. The molecule has 2 aromatic rings. The Kier molecular flexibility index (Phi) is 7.85. The topological polar surface area (TPSA) is 68.6 Å². The maximum absolute atomic E-state index is 13.0. The second-order valence-electron chi connectivity index (χ2n) is 6.79. The van der Waals surface area contributed by atoms with Crippen LogP contribution in [0.25, 0.3) is 5.69 Å². The summed E-state index contributed by atoms with van der Waals surface area (Å²) in [5.74, 6) is 0.758. The number of methoxy groups -OCH3 is 1. The smallest absolute Gasteiger partial charge is 0.280 e. The molecule has 0 saturated heterocycles. The Bertz CT molecular complexity index is 801. The quantitative estimate of drug-likeness (QED) is 0.509. The molecule has 0 fully saturated rings. The second-order valence-corrected chi connectivity index (χ2v) is 6.79. The number of benzene rings is 1. The monoisotopic (exact) mass is 373 g/mol. The van der Waals surface area contributed by atoms with Crippen molar-refractivity contribution in [2.24, 2.45) is 4.99 Å². The average Bonchev–Trinajstić information content (AvgIpc) is 2.97. The van der Waals surface area contributed by atoms with E-state index in [4.69, 9.17) is 9.47 Å². The van der Waals surface area contributed by atoms with E-state index in [-0.39, 0.29) is 11.7 Å². The van der Waals surface area contributed by atoms with Crippen molar-refractivity contribution in [3.05, 3.63) is 45.9 Å². The number of aryl methyl sites for hydroxylation is 1. The Balaban J connectivity index is 2.26. The first-order valence-corrected chi connectivity index (χ1v) is 9.59. The number of aliphatic imine (C=N–C) groups is 1. The van der Waals surface area contributed by atoms with Crippen LogP contribution in [-0.2, 0) is 11.2 Å². The minimum Gasteiger partial charge on any atom is -0.497 e. The van der Waals surface area contributed by atoms with Gasteiger partial charge >= 0.3 is 0 Å². The highest BCUT2D eigenvalue weighted by atomic mass is 16.5. The van der Waals surface area contributed by atoms with Crippen molar-refractivity contribution < 1.29 is 9.47 Å². The van der Waals surface area contributed by atoms with E-state index in [0.29, 0.717) is 18.7 Å². The van der Waals surface area contributed by atoms with Gasteiger partial charge in [-0.25, -0.2) is 4.68 Å². The molecule has 1 aromatic heterocycles.